The van der Waals surface area contributed by atoms with Gasteiger partial charge in [0.1, 0.15) is 23.8 Å². The third-order valence-corrected chi connectivity index (χ3v) is 4.78. The highest BCUT2D eigenvalue weighted by Crippen LogP contribution is 2.23. The summed E-state index contributed by atoms with van der Waals surface area (Å²) in [6.07, 6.45) is 3.91. The normalized spacial score (nSPS) is 16.9. The molecular formula is C19H20FN5O2. The van der Waals surface area contributed by atoms with Crippen LogP contribution in [0.5, 0.6) is 5.88 Å². The minimum atomic E-state index is -0.526. The molecule has 1 aliphatic rings. The maximum absolute atomic E-state index is 14.3. The van der Waals surface area contributed by atoms with Crippen molar-refractivity contribution in [1.82, 2.24) is 24.3 Å². The molecule has 0 bridgehead atoms. The molecule has 8 heteroatoms. The van der Waals surface area contributed by atoms with Crippen LogP contribution in [0.2, 0.25) is 0 Å². The van der Waals surface area contributed by atoms with Gasteiger partial charge in [-0.15, -0.1) is 0 Å². The minimum Gasteiger partial charge on any atom is -0.470 e. The van der Waals surface area contributed by atoms with Gasteiger partial charge in [-0.2, -0.15) is 9.37 Å². The van der Waals surface area contributed by atoms with Gasteiger partial charge in [-0.1, -0.05) is 13.0 Å². The van der Waals surface area contributed by atoms with E-state index in [0.29, 0.717) is 43.0 Å². The molecule has 0 radical (unpaired) electrons. The number of amides is 1. The third-order valence-electron chi connectivity index (χ3n) is 4.78. The maximum atomic E-state index is 14.3. The molecular weight excluding hydrogens is 349 g/mol. The summed E-state index contributed by atoms with van der Waals surface area (Å²) in [5.41, 5.74) is 2.30. The smallest absolute Gasteiger partial charge is 0.272 e. The zero-order valence-electron chi connectivity index (χ0n) is 15.2. The topological polar surface area (TPSA) is 72.6 Å². The fourth-order valence-electron chi connectivity index (χ4n) is 3.40. The van der Waals surface area contributed by atoms with Crippen LogP contribution in [0.3, 0.4) is 0 Å². The highest BCUT2D eigenvalue weighted by molar-refractivity contribution is 5.94. The minimum absolute atomic E-state index is 0.0490. The molecule has 1 atom stereocenters. The molecule has 4 rings (SSSR count). The molecule has 7 nitrogen and oxygen atoms in total. The molecule has 1 aliphatic heterocycles. The zero-order valence-corrected chi connectivity index (χ0v) is 15.2. The first kappa shape index (κ1) is 17.4. The summed E-state index contributed by atoms with van der Waals surface area (Å²) in [4.78, 5) is 27.0. The van der Waals surface area contributed by atoms with Crippen LogP contribution in [0.15, 0.2) is 30.7 Å². The lowest BCUT2D eigenvalue weighted by atomic mass is 10.3. The number of hydrogen-bond acceptors (Lipinski definition) is 5. The predicted molar refractivity (Wildman–Crippen MR) is 96.2 cm³/mol. The zero-order chi connectivity index (χ0) is 19.0. The largest absolute Gasteiger partial charge is 0.470 e. The number of rotatable bonds is 4. The summed E-state index contributed by atoms with van der Waals surface area (Å²) in [6, 6.07) is 5.61. The number of pyridine rings is 1. The van der Waals surface area contributed by atoms with Crippen molar-refractivity contribution < 1.29 is 13.9 Å². The Kier molecular flexibility index (Phi) is 4.47. The lowest BCUT2D eigenvalue weighted by Gasteiger charge is -2.17. The van der Waals surface area contributed by atoms with E-state index < -0.39 is 5.82 Å². The van der Waals surface area contributed by atoms with Crippen LogP contribution < -0.4 is 4.74 Å². The van der Waals surface area contributed by atoms with E-state index in [0.717, 1.165) is 5.65 Å². The molecule has 140 valence electrons. The Balaban J connectivity index is 1.51. The van der Waals surface area contributed by atoms with Crippen molar-refractivity contribution in [3.63, 3.8) is 0 Å². The van der Waals surface area contributed by atoms with Crippen molar-refractivity contribution >= 4 is 11.6 Å². The van der Waals surface area contributed by atoms with Gasteiger partial charge in [0.05, 0.1) is 17.9 Å². The highest BCUT2D eigenvalue weighted by atomic mass is 19.1. The van der Waals surface area contributed by atoms with Gasteiger partial charge in [0, 0.05) is 19.2 Å². The van der Waals surface area contributed by atoms with Crippen molar-refractivity contribution in [2.75, 3.05) is 13.1 Å². The van der Waals surface area contributed by atoms with E-state index in [9.17, 15) is 9.18 Å². The first-order valence-electron chi connectivity index (χ1n) is 8.97. The number of ether oxygens (including phenoxy) is 1. The number of hydrogen-bond donors (Lipinski definition) is 0. The molecule has 27 heavy (non-hydrogen) atoms. The van der Waals surface area contributed by atoms with Crippen molar-refractivity contribution in [3.05, 3.63) is 53.6 Å². The van der Waals surface area contributed by atoms with E-state index >= 15 is 0 Å². The maximum Gasteiger partial charge on any atom is 0.272 e. The van der Waals surface area contributed by atoms with Gasteiger partial charge in [0.2, 0.25) is 5.82 Å². The first-order chi connectivity index (χ1) is 13.1. The second-order valence-corrected chi connectivity index (χ2v) is 6.55. The number of aryl methyl sites for hydroxylation is 2. The number of aromatic nitrogens is 4. The third kappa shape index (κ3) is 3.11. The number of fused-ring (bicyclic) bond motifs is 1. The van der Waals surface area contributed by atoms with Crippen molar-refractivity contribution in [2.45, 2.75) is 32.8 Å². The van der Waals surface area contributed by atoms with Crippen LogP contribution in [-0.2, 0) is 6.42 Å². The van der Waals surface area contributed by atoms with Gasteiger partial charge >= 0.3 is 0 Å². The summed E-state index contributed by atoms with van der Waals surface area (Å²) in [6.45, 7) is 4.57. The van der Waals surface area contributed by atoms with Crippen LogP contribution in [-0.4, -0.2) is 49.4 Å². The standard InChI is InChI=1S/C19H20FN5O2/c1-3-14-16(20)18(22-11-21-14)27-13-7-9-24(10-13)19(26)17-12(2)23-15-6-4-5-8-25(15)17/h4-6,8,11,13H,3,7,9-10H2,1-2H3/t13-/m0/s1. The predicted octanol–water partition coefficient (Wildman–Crippen LogP) is 2.43. The Bertz CT molecular complexity index is 1000. The van der Waals surface area contributed by atoms with Gasteiger partial charge in [-0.05, 0) is 25.5 Å². The second-order valence-electron chi connectivity index (χ2n) is 6.55. The molecule has 0 aliphatic carbocycles. The molecule has 1 saturated heterocycles. The Morgan fingerprint density at radius 3 is 3.04 bits per heavy atom. The van der Waals surface area contributed by atoms with Crippen molar-refractivity contribution in [3.8, 4) is 5.88 Å². The molecule has 1 amide bonds. The van der Waals surface area contributed by atoms with Crippen LogP contribution in [0.1, 0.15) is 35.2 Å². The average Bonchev–Trinajstić information content (AvgIpc) is 3.26. The number of halogens is 1. The lowest BCUT2D eigenvalue weighted by molar-refractivity contribution is 0.0762. The van der Waals surface area contributed by atoms with E-state index in [1.165, 1.54) is 6.33 Å². The first-order valence-corrected chi connectivity index (χ1v) is 8.97. The Morgan fingerprint density at radius 1 is 1.37 bits per heavy atom. The summed E-state index contributed by atoms with van der Waals surface area (Å²) in [5.74, 6) is -0.677. The monoisotopic (exact) mass is 369 g/mol. The highest BCUT2D eigenvalue weighted by Gasteiger charge is 2.31. The number of nitrogens with zero attached hydrogens (tertiary/aromatic N) is 5. The average molecular weight is 369 g/mol. The Hall–Kier alpha value is -3.03. The summed E-state index contributed by atoms with van der Waals surface area (Å²) >= 11 is 0. The van der Waals surface area contributed by atoms with Crippen LogP contribution in [0.25, 0.3) is 5.65 Å². The quantitative estimate of drug-likeness (QED) is 0.706. The fourth-order valence-corrected chi connectivity index (χ4v) is 3.40. The second kappa shape index (κ2) is 6.94. The van der Waals surface area contributed by atoms with Gasteiger partial charge < -0.3 is 9.64 Å². The molecule has 0 N–H and O–H groups in total. The molecule has 4 heterocycles. The molecule has 0 spiro atoms. The lowest BCUT2D eigenvalue weighted by Crippen LogP contribution is -2.32. The van der Waals surface area contributed by atoms with Gasteiger partial charge in [-0.25, -0.2) is 9.97 Å². The van der Waals surface area contributed by atoms with Gasteiger partial charge in [0.25, 0.3) is 11.8 Å². The van der Waals surface area contributed by atoms with Gasteiger partial charge in [0.15, 0.2) is 0 Å². The number of carbonyl (C=O) groups is 1. The van der Waals surface area contributed by atoms with Crippen LogP contribution >= 0.6 is 0 Å². The van der Waals surface area contributed by atoms with E-state index in [2.05, 4.69) is 15.0 Å². The fraction of sp³-hybridized carbons (Fsp3) is 0.368. The Labute approximate surface area is 155 Å². The SMILES string of the molecule is CCc1ncnc(O[C@H]2CCN(C(=O)c3c(C)nc4ccccn34)C2)c1F. The van der Waals surface area contributed by atoms with E-state index in [1.807, 2.05) is 38.2 Å². The van der Waals surface area contributed by atoms with E-state index in [4.69, 9.17) is 4.74 Å². The molecule has 1 fully saturated rings. The van der Waals surface area contributed by atoms with Crippen LogP contribution in [0.4, 0.5) is 4.39 Å². The number of likely N-dealkylation sites (tertiary alicyclic amines) is 1. The molecule has 3 aromatic heterocycles. The molecule has 0 aromatic carbocycles. The van der Waals surface area contributed by atoms with Crippen molar-refractivity contribution in [2.24, 2.45) is 0 Å². The summed E-state index contributed by atoms with van der Waals surface area (Å²) in [7, 11) is 0. The number of imidazole rings is 1. The number of carbonyl (C=O) groups excluding carboxylic acids is 1. The molecule has 0 unspecified atom stereocenters. The van der Waals surface area contributed by atoms with Crippen molar-refractivity contribution in [1.29, 1.82) is 0 Å². The van der Waals surface area contributed by atoms with Crippen LogP contribution in [0, 0.1) is 12.7 Å². The summed E-state index contributed by atoms with van der Waals surface area (Å²) < 4.78 is 21.8. The Morgan fingerprint density at radius 2 is 2.22 bits per heavy atom. The van der Waals surface area contributed by atoms with E-state index in [1.54, 1.807) is 9.30 Å². The van der Waals surface area contributed by atoms with E-state index in [-0.39, 0.29) is 17.9 Å². The summed E-state index contributed by atoms with van der Waals surface area (Å²) in [5, 5.41) is 0. The van der Waals surface area contributed by atoms with Gasteiger partial charge in [-0.3, -0.25) is 9.20 Å². The molecule has 0 saturated carbocycles. The molecule has 3 aromatic rings.